The SMILES string of the molecule is [C-]#[N+]O[N+]#[C-].[Ge]. The van der Waals surface area contributed by atoms with E-state index in [-0.39, 0.29) is 17.6 Å². The third-order valence-electron chi connectivity index (χ3n) is 0.0816. The topological polar surface area (TPSA) is 17.9 Å². The molecule has 4 radical (unpaired) electrons. The van der Waals surface area contributed by atoms with Crippen molar-refractivity contribution in [1.82, 2.24) is 0 Å². The van der Waals surface area contributed by atoms with Crippen LogP contribution in [0.15, 0.2) is 0 Å². The molecular formula is C2GeN2O. The van der Waals surface area contributed by atoms with Gasteiger partial charge in [0.1, 0.15) is 0 Å². The first-order chi connectivity index (χ1) is 2.41. The fourth-order valence-corrected chi connectivity index (χ4v) is 0.0204. The van der Waals surface area contributed by atoms with Crippen molar-refractivity contribution in [3.8, 4) is 0 Å². The summed E-state index contributed by atoms with van der Waals surface area (Å²) in [5, 5.41) is 4.50. The summed E-state index contributed by atoms with van der Waals surface area (Å²) >= 11 is 0. The summed E-state index contributed by atoms with van der Waals surface area (Å²) < 4.78 is 0. The van der Waals surface area contributed by atoms with Crippen LogP contribution in [0.5, 0.6) is 0 Å². The molecule has 0 aliphatic rings. The Labute approximate surface area is 46.4 Å². The molecule has 28 valence electrons. The minimum atomic E-state index is 0. The minimum absolute atomic E-state index is 0. The third-order valence-corrected chi connectivity index (χ3v) is 0.0816. The molecule has 0 atom stereocenters. The Morgan fingerprint density at radius 3 is 1.50 bits per heavy atom. The van der Waals surface area contributed by atoms with Gasteiger partial charge in [0.2, 0.25) is 0 Å². The van der Waals surface area contributed by atoms with E-state index in [1.165, 1.54) is 0 Å². The van der Waals surface area contributed by atoms with Crippen LogP contribution in [0.4, 0.5) is 0 Å². The normalized spacial score (nSPS) is 3.00. The van der Waals surface area contributed by atoms with Crippen LogP contribution in [0.1, 0.15) is 0 Å². The van der Waals surface area contributed by atoms with Gasteiger partial charge in [0.05, 0.1) is 0 Å². The Hall–Kier alpha value is -0.677. The molecule has 4 heteroatoms. The largest absolute Gasteiger partial charge is 0.193 e. The van der Waals surface area contributed by atoms with Gasteiger partial charge < -0.3 is 0 Å². The predicted octanol–water partition coefficient (Wildman–Crippen LogP) is 0.291. The van der Waals surface area contributed by atoms with E-state index in [2.05, 4.69) is 15.0 Å². The van der Waals surface area contributed by atoms with Gasteiger partial charge in [0.15, 0.2) is 4.94 Å². The molecular weight excluding hydrogens is 141 g/mol. The molecule has 3 nitrogen and oxygen atoms in total. The molecule has 0 aromatic carbocycles. The summed E-state index contributed by atoms with van der Waals surface area (Å²) in [6.07, 6.45) is 0. The second kappa shape index (κ2) is 8.85. The summed E-state index contributed by atoms with van der Waals surface area (Å²) in [5.74, 6) is 0. The van der Waals surface area contributed by atoms with Crippen LogP contribution < -0.4 is 0 Å². The van der Waals surface area contributed by atoms with Gasteiger partial charge in [-0.2, -0.15) is 0 Å². The van der Waals surface area contributed by atoms with E-state index < -0.39 is 0 Å². The fraction of sp³-hybridized carbons (Fsp3) is 0. The second-order valence-corrected chi connectivity index (χ2v) is 0.264. The van der Waals surface area contributed by atoms with E-state index in [4.69, 9.17) is 13.1 Å². The van der Waals surface area contributed by atoms with Gasteiger partial charge >= 0.3 is 0 Å². The van der Waals surface area contributed by atoms with Crippen molar-refractivity contribution in [3.63, 3.8) is 0 Å². The van der Waals surface area contributed by atoms with Crippen LogP contribution in [0.25, 0.3) is 10.0 Å². The monoisotopic (exact) mass is 142 g/mol. The maximum atomic E-state index is 5.79. The molecule has 0 amide bonds. The number of nitrogens with zero attached hydrogens (tertiary/aromatic N) is 2. The molecule has 0 saturated carbocycles. The van der Waals surface area contributed by atoms with Gasteiger partial charge in [-0.25, -0.2) is 0 Å². The molecule has 0 aliphatic carbocycles. The smallest absolute Gasteiger partial charge is 0.143 e. The van der Waals surface area contributed by atoms with E-state index in [9.17, 15) is 0 Å². The zero-order valence-corrected chi connectivity index (χ0v) is 4.90. The van der Waals surface area contributed by atoms with Crippen LogP contribution >= 0.6 is 0 Å². The van der Waals surface area contributed by atoms with Gasteiger partial charge in [0, 0.05) is 27.6 Å². The predicted molar refractivity (Wildman–Crippen MR) is 20.0 cm³/mol. The van der Waals surface area contributed by atoms with Crippen LogP contribution in [0, 0.1) is 13.1 Å². The van der Waals surface area contributed by atoms with Gasteiger partial charge in [-0.05, 0) is 0 Å². The van der Waals surface area contributed by atoms with Crippen LogP contribution in [-0.4, -0.2) is 17.6 Å². The van der Waals surface area contributed by atoms with Crippen molar-refractivity contribution in [3.05, 3.63) is 23.2 Å². The molecule has 0 unspecified atom stereocenters. The van der Waals surface area contributed by atoms with Crippen molar-refractivity contribution >= 4 is 17.6 Å². The maximum Gasteiger partial charge on any atom is 0.193 e. The Bertz CT molecular complexity index is 76.7. The maximum absolute atomic E-state index is 5.79. The van der Waals surface area contributed by atoms with Gasteiger partial charge in [-0.1, -0.05) is 0 Å². The molecule has 0 N–H and O–H groups in total. The first-order valence-electron chi connectivity index (χ1n) is 0.812. The van der Waals surface area contributed by atoms with E-state index in [0.29, 0.717) is 0 Å². The minimum Gasteiger partial charge on any atom is -0.143 e. The summed E-state index contributed by atoms with van der Waals surface area (Å²) in [4.78, 5) is 3.42. The summed E-state index contributed by atoms with van der Waals surface area (Å²) in [7, 11) is 0. The van der Waals surface area contributed by atoms with Crippen molar-refractivity contribution in [1.29, 1.82) is 0 Å². The molecule has 0 fully saturated rings. The zero-order valence-electron chi connectivity index (χ0n) is 2.80. The van der Waals surface area contributed by atoms with Crippen molar-refractivity contribution < 1.29 is 4.94 Å². The Balaban J connectivity index is 0. The van der Waals surface area contributed by atoms with Gasteiger partial charge in [-0.3, -0.25) is 0 Å². The summed E-state index contributed by atoms with van der Waals surface area (Å²) in [6.45, 7) is 11.6. The third kappa shape index (κ3) is 10.2. The van der Waals surface area contributed by atoms with Crippen molar-refractivity contribution in [2.24, 2.45) is 0 Å². The van der Waals surface area contributed by atoms with E-state index >= 15 is 0 Å². The Morgan fingerprint density at radius 1 is 1.17 bits per heavy atom. The van der Waals surface area contributed by atoms with Crippen LogP contribution in [0.3, 0.4) is 0 Å². The zero-order chi connectivity index (χ0) is 4.12. The first kappa shape index (κ1) is 9.01. The average molecular weight is 141 g/mol. The van der Waals surface area contributed by atoms with E-state index in [1.54, 1.807) is 0 Å². The number of hydrogen-bond acceptors (Lipinski definition) is 1. The molecule has 0 aliphatic heterocycles. The molecule has 0 aromatic heterocycles. The fourth-order valence-electron chi connectivity index (χ4n) is 0.0204. The van der Waals surface area contributed by atoms with Gasteiger partial charge in [-0.15, -0.1) is 13.1 Å². The molecule has 0 bridgehead atoms. The number of hydrogen-bond donors (Lipinski definition) is 0. The quantitative estimate of drug-likeness (QED) is 0.269. The van der Waals surface area contributed by atoms with Crippen molar-refractivity contribution in [2.75, 3.05) is 0 Å². The van der Waals surface area contributed by atoms with Crippen molar-refractivity contribution in [2.45, 2.75) is 0 Å². The summed E-state index contributed by atoms with van der Waals surface area (Å²) in [5.41, 5.74) is 0. The van der Waals surface area contributed by atoms with Crippen LogP contribution in [-0.2, 0) is 4.94 Å². The molecule has 0 aromatic rings. The van der Waals surface area contributed by atoms with E-state index in [0.717, 1.165) is 0 Å². The average Bonchev–Trinajstić information content (AvgIpc) is 1.41. The number of rotatable bonds is 0. The molecule has 6 heavy (non-hydrogen) atoms. The molecule has 0 rings (SSSR count). The van der Waals surface area contributed by atoms with Crippen LogP contribution in [0.2, 0.25) is 0 Å². The Kier molecular flexibility index (Phi) is 13.3. The van der Waals surface area contributed by atoms with Gasteiger partial charge in [0.25, 0.3) is 0 Å². The van der Waals surface area contributed by atoms with E-state index in [1.807, 2.05) is 0 Å². The Morgan fingerprint density at radius 2 is 1.50 bits per heavy atom. The molecule has 0 saturated heterocycles. The summed E-state index contributed by atoms with van der Waals surface area (Å²) in [6, 6.07) is 0. The second-order valence-electron chi connectivity index (χ2n) is 0.264. The molecule has 0 spiro atoms. The standard InChI is InChI=1S/C2N2O.Ge/c1-3-5-4-2;. The first-order valence-corrected chi connectivity index (χ1v) is 0.812. The molecule has 0 heterocycles.